The Morgan fingerprint density at radius 3 is 2.76 bits per heavy atom. The Balaban J connectivity index is 1.62. The van der Waals surface area contributed by atoms with Crippen molar-refractivity contribution in [1.82, 2.24) is 14.7 Å². The molecule has 4 aliphatic rings. The van der Waals surface area contributed by atoms with E-state index in [0.717, 1.165) is 13.1 Å². The van der Waals surface area contributed by atoms with Crippen LogP contribution in [0.1, 0.15) is 13.3 Å². The molecule has 3 unspecified atom stereocenters. The Hall–Kier alpha value is -1.14. The molecule has 1 spiro atoms. The van der Waals surface area contributed by atoms with Crippen LogP contribution in [0.5, 0.6) is 0 Å². The van der Waals surface area contributed by atoms with E-state index in [1.165, 1.54) is 4.90 Å². The van der Waals surface area contributed by atoms with Crippen LogP contribution in [0.3, 0.4) is 0 Å². The van der Waals surface area contributed by atoms with Crippen molar-refractivity contribution in [1.29, 1.82) is 0 Å². The summed E-state index contributed by atoms with van der Waals surface area (Å²) in [4.78, 5) is 46.2. The highest BCUT2D eigenvalue weighted by atomic mass is 79.9. The first-order valence-electron chi connectivity index (χ1n) is 12.0. The quantitative estimate of drug-likeness (QED) is 0.232. The summed E-state index contributed by atoms with van der Waals surface area (Å²) in [5, 5.41) is 9.62. The SMILES string of the molecule is C=CCN(CCN1CCOCC1)C(=O)C1N(CCO)C(=O)[C@@H]2[C@@H](C(=O)OCC)[C@@H]3SC12CC3Br. The van der Waals surface area contributed by atoms with Gasteiger partial charge in [-0.2, -0.15) is 0 Å². The maximum absolute atomic E-state index is 14.1. The number of hydrogen-bond acceptors (Lipinski definition) is 8. The molecule has 0 aromatic carbocycles. The zero-order valence-corrected chi connectivity index (χ0v) is 22.0. The molecule has 2 bridgehead atoms. The molecule has 9 nitrogen and oxygen atoms in total. The molecule has 11 heteroatoms. The number of aliphatic hydroxyl groups is 1. The Kier molecular flexibility index (Phi) is 8.28. The first-order chi connectivity index (χ1) is 16.4. The Morgan fingerprint density at radius 1 is 1.38 bits per heavy atom. The van der Waals surface area contributed by atoms with Crippen LogP contribution in [0, 0.1) is 11.8 Å². The lowest BCUT2D eigenvalue weighted by atomic mass is 9.71. The van der Waals surface area contributed by atoms with Crippen molar-refractivity contribution in [2.75, 3.05) is 65.7 Å². The third kappa shape index (κ3) is 4.42. The Morgan fingerprint density at radius 2 is 2.12 bits per heavy atom. The average molecular weight is 561 g/mol. The van der Waals surface area contributed by atoms with E-state index in [1.807, 2.05) is 0 Å². The zero-order valence-electron chi connectivity index (χ0n) is 19.6. The van der Waals surface area contributed by atoms with Crippen molar-refractivity contribution in [3.8, 4) is 0 Å². The molecular weight excluding hydrogens is 526 g/mol. The number of carbonyl (C=O) groups excluding carboxylic acids is 3. The van der Waals surface area contributed by atoms with Crippen molar-refractivity contribution in [2.24, 2.45) is 11.8 Å². The molecule has 190 valence electrons. The summed E-state index contributed by atoms with van der Waals surface area (Å²) in [6, 6.07) is -0.740. The minimum Gasteiger partial charge on any atom is -0.466 e. The van der Waals surface area contributed by atoms with E-state index in [0.29, 0.717) is 39.3 Å². The average Bonchev–Trinajstić information content (AvgIpc) is 3.41. The van der Waals surface area contributed by atoms with E-state index < -0.39 is 22.6 Å². The number of aliphatic hydroxyl groups excluding tert-OH is 1. The molecule has 0 aromatic rings. The fraction of sp³-hybridized carbons (Fsp3) is 0.783. The highest BCUT2D eigenvalue weighted by Gasteiger charge is 2.76. The molecule has 4 aliphatic heterocycles. The van der Waals surface area contributed by atoms with E-state index >= 15 is 0 Å². The molecule has 4 fully saturated rings. The predicted octanol–water partition coefficient (Wildman–Crippen LogP) is 0.353. The number of amides is 2. The standard InChI is InChI=1S/C23H34BrN3O6S/c1-3-5-26(7-6-25-9-12-32-13-10-25)21(30)19-23-14-15(24)18(34-23)16(22(31)33-4-2)17(23)20(29)27(19)8-11-28/h3,15-19,28H,1,4-14H2,2H3/t15?,16-,17+,18-,19?,23?/m1/s1. The number of rotatable bonds is 10. The molecule has 0 saturated carbocycles. The number of carbonyl (C=O) groups is 3. The molecule has 0 aliphatic carbocycles. The molecule has 0 radical (unpaired) electrons. The number of likely N-dealkylation sites (tertiary alicyclic amines) is 1. The van der Waals surface area contributed by atoms with Crippen LogP contribution in [0.25, 0.3) is 0 Å². The fourth-order valence-corrected chi connectivity index (χ4v) is 9.57. The molecule has 6 atom stereocenters. The van der Waals surface area contributed by atoms with E-state index in [4.69, 9.17) is 9.47 Å². The zero-order chi connectivity index (χ0) is 24.5. The summed E-state index contributed by atoms with van der Waals surface area (Å²) in [5.74, 6) is -1.98. The van der Waals surface area contributed by atoms with Crippen LogP contribution in [-0.2, 0) is 23.9 Å². The van der Waals surface area contributed by atoms with Gasteiger partial charge in [0, 0.05) is 49.3 Å². The monoisotopic (exact) mass is 559 g/mol. The lowest BCUT2D eigenvalue weighted by Crippen LogP contribution is -2.56. The highest BCUT2D eigenvalue weighted by Crippen LogP contribution is 2.67. The van der Waals surface area contributed by atoms with Gasteiger partial charge in [0.1, 0.15) is 6.04 Å². The topological polar surface area (TPSA) is 99.6 Å². The molecule has 2 amide bonds. The number of hydrogen-bond donors (Lipinski definition) is 1. The van der Waals surface area contributed by atoms with Crippen molar-refractivity contribution in [3.63, 3.8) is 0 Å². The minimum atomic E-state index is -0.740. The molecule has 4 heterocycles. The smallest absolute Gasteiger partial charge is 0.310 e. The summed E-state index contributed by atoms with van der Waals surface area (Å²) >= 11 is 5.30. The van der Waals surface area contributed by atoms with Gasteiger partial charge in [-0.3, -0.25) is 19.3 Å². The third-order valence-corrected chi connectivity index (χ3v) is 10.6. The minimum absolute atomic E-state index is 0.00142. The first kappa shape index (κ1) is 25.9. The van der Waals surface area contributed by atoms with Gasteiger partial charge in [0.25, 0.3) is 0 Å². The number of nitrogens with zero attached hydrogens (tertiary/aromatic N) is 3. The Bertz CT molecular complexity index is 812. The maximum Gasteiger partial charge on any atom is 0.310 e. The number of esters is 1. The molecule has 4 saturated heterocycles. The van der Waals surface area contributed by atoms with Gasteiger partial charge >= 0.3 is 5.97 Å². The largest absolute Gasteiger partial charge is 0.466 e. The lowest BCUT2D eigenvalue weighted by Gasteiger charge is -2.38. The number of β-amino-alcohol motifs (C(OH)–C–C–N with tert-alkyl or cyclic N) is 1. The molecule has 0 aromatic heterocycles. The second kappa shape index (κ2) is 10.9. The summed E-state index contributed by atoms with van der Waals surface area (Å²) < 4.78 is 10.0. The van der Waals surface area contributed by atoms with E-state index in [9.17, 15) is 19.5 Å². The van der Waals surface area contributed by atoms with Crippen molar-refractivity contribution >= 4 is 45.5 Å². The maximum atomic E-state index is 14.1. The number of ether oxygens (including phenoxy) is 2. The number of thioether (sulfide) groups is 1. The van der Waals surface area contributed by atoms with Gasteiger partial charge in [-0.25, -0.2) is 0 Å². The predicted molar refractivity (Wildman–Crippen MR) is 132 cm³/mol. The lowest BCUT2D eigenvalue weighted by molar-refractivity contribution is -0.153. The number of halogens is 1. The summed E-state index contributed by atoms with van der Waals surface area (Å²) in [5.41, 5.74) is 0. The van der Waals surface area contributed by atoms with Gasteiger partial charge < -0.3 is 24.4 Å². The Labute approximate surface area is 213 Å². The van der Waals surface area contributed by atoms with Crippen molar-refractivity contribution in [2.45, 2.75) is 34.2 Å². The van der Waals surface area contributed by atoms with Gasteiger partial charge in [0.2, 0.25) is 11.8 Å². The number of fused-ring (bicyclic) bond motifs is 1. The van der Waals surface area contributed by atoms with Crippen LogP contribution in [-0.4, -0.2) is 124 Å². The van der Waals surface area contributed by atoms with Crippen LogP contribution in [0.2, 0.25) is 0 Å². The van der Waals surface area contributed by atoms with Crippen LogP contribution >= 0.6 is 27.7 Å². The summed E-state index contributed by atoms with van der Waals surface area (Å²) in [6.07, 6.45) is 2.31. The van der Waals surface area contributed by atoms with E-state index in [1.54, 1.807) is 29.7 Å². The number of morpholine rings is 1. The van der Waals surface area contributed by atoms with Crippen LogP contribution in [0.4, 0.5) is 0 Å². The second-order valence-corrected chi connectivity index (χ2v) is 11.9. The van der Waals surface area contributed by atoms with Gasteiger partial charge in [0.15, 0.2) is 0 Å². The fourth-order valence-electron chi connectivity index (χ4n) is 5.97. The van der Waals surface area contributed by atoms with Gasteiger partial charge in [0.05, 0.1) is 43.0 Å². The molecule has 4 rings (SSSR count). The van der Waals surface area contributed by atoms with Gasteiger partial charge in [-0.1, -0.05) is 22.0 Å². The number of alkyl halides is 1. The van der Waals surface area contributed by atoms with E-state index in [2.05, 4.69) is 27.4 Å². The van der Waals surface area contributed by atoms with Crippen molar-refractivity contribution in [3.05, 3.63) is 12.7 Å². The highest BCUT2D eigenvalue weighted by molar-refractivity contribution is 9.09. The summed E-state index contributed by atoms with van der Waals surface area (Å²) in [6.45, 7) is 10.2. The van der Waals surface area contributed by atoms with Gasteiger partial charge in [-0.15, -0.1) is 18.3 Å². The normalized spacial score (nSPS) is 34.9. The molecule has 1 N–H and O–H groups in total. The summed E-state index contributed by atoms with van der Waals surface area (Å²) in [7, 11) is 0. The first-order valence-corrected chi connectivity index (χ1v) is 13.8. The molecule has 34 heavy (non-hydrogen) atoms. The third-order valence-electron chi connectivity index (χ3n) is 7.37. The van der Waals surface area contributed by atoms with E-state index in [-0.39, 0.29) is 47.6 Å². The van der Waals surface area contributed by atoms with Crippen molar-refractivity contribution < 1.29 is 29.0 Å². The van der Waals surface area contributed by atoms with Gasteiger partial charge in [-0.05, 0) is 13.3 Å². The van der Waals surface area contributed by atoms with Crippen LogP contribution < -0.4 is 0 Å². The van der Waals surface area contributed by atoms with Crippen LogP contribution in [0.15, 0.2) is 12.7 Å². The second-order valence-electron chi connectivity index (χ2n) is 9.20. The molecular formula is C23H34BrN3O6S.